The first-order chi connectivity index (χ1) is 17.4. The fraction of sp³-hybridized carbons (Fsp3) is 0.429. The number of halogens is 1. The lowest BCUT2D eigenvalue weighted by Gasteiger charge is -2.34. The van der Waals surface area contributed by atoms with Crippen LogP contribution in [-0.4, -0.2) is 52.6 Å². The second-order valence-electron chi connectivity index (χ2n) is 10.2. The van der Waals surface area contributed by atoms with Crippen LogP contribution in [0, 0.1) is 18.7 Å². The van der Waals surface area contributed by atoms with Crippen molar-refractivity contribution in [3.8, 4) is 5.69 Å². The zero-order valence-corrected chi connectivity index (χ0v) is 20.9. The van der Waals surface area contributed by atoms with Crippen molar-refractivity contribution in [3.05, 3.63) is 72.1 Å². The van der Waals surface area contributed by atoms with E-state index in [1.165, 1.54) is 12.1 Å². The number of nitrogens with two attached hydrogens (primary N) is 1. The second kappa shape index (κ2) is 10.8. The van der Waals surface area contributed by atoms with Gasteiger partial charge in [-0.25, -0.2) is 9.37 Å². The van der Waals surface area contributed by atoms with E-state index in [2.05, 4.69) is 32.2 Å². The van der Waals surface area contributed by atoms with E-state index < -0.39 is 0 Å². The highest BCUT2D eigenvalue weighted by atomic mass is 19.1. The van der Waals surface area contributed by atoms with E-state index in [-0.39, 0.29) is 23.7 Å². The summed E-state index contributed by atoms with van der Waals surface area (Å²) in [6, 6.07) is 13.0. The maximum absolute atomic E-state index is 13.4. The summed E-state index contributed by atoms with van der Waals surface area (Å²) in [7, 11) is 0. The smallest absolute Gasteiger partial charge is 0.229 e. The molecule has 0 spiro atoms. The Balaban J connectivity index is 1.33. The molecule has 3 aromatic rings. The van der Waals surface area contributed by atoms with Gasteiger partial charge in [-0.3, -0.25) is 9.69 Å². The van der Waals surface area contributed by atoms with Crippen LogP contribution in [0.1, 0.15) is 36.9 Å². The molecule has 1 aromatic heterocycles. The Morgan fingerprint density at radius 2 is 1.89 bits per heavy atom. The molecule has 3 N–H and O–H groups in total. The van der Waals surface area contributed by atoms with Crippen molar-refractivity contribution < 1.29 is 9.18 Å². The Kier molecular flexibility index (Phi) is 7.34. The average Bonchev–Trinajstić information content (AvgIpc) is 3.31. The maximum atomic E-state index is 13.4. The predicted octanol–water partition coefficient (Wildman–Crippen LogP) is 4.10. The van der Waals surface area contributed by atoms with Gasteiger partial charge in [0, 0.05) is 55.5 Å². The van der Waals surface area contributed by atoms with Gasteiger partial charge in [-0.05, 0) is 87.2 Å². The fourth-order valence-corrected chi connectivity index (χ4v) is 5.36. The molecule has 2 aliphatic rings. The van der Waals surface area contributed by atoms with E-state index in [4.69, 9.17) is 5.73 Å². The Morgan fingerprint density at radius 1 is 1.08 bits per heavy atom. The van der Waals surface area contributed by atoms with Gasteiger partial charge in [0.2, 0.25) is 5.91 Å². The van der Waals surface area contributed by atoms with Gasteiger partial charge in [-0.15, -0.1) is 0 Å². The van der Waals surface area contributed by atoms with Crippen LogP contribution in [0.2, 0.25) is 0 Å². The second-order valence-corrected chi connectivity index (χ2v) is 10.2. The number of anilines is 2. The van der Waals surface area contributed by atoms with Gasteiger partial charge < -0.3 is 20.5 Å². The summed E-state index contributed by atoms with van der Waals surface area (Å²) in [5, 5.41) is 3.19. The topological polar surface area (TPSA) is 79.4 Å². The van der Waals surface area contributed by atoms with Crippen molar-refractivity contribution in [3.63, 3.8) is 0 Å². The van der Waals surface area contributed by atoms with Crippen LogP contribution in [0.25, 0.3) is 5.69 Å². The number of aromatic nitrogens is 2. The molecule has 1 amide bonds. The zero-order chi connectivity index (χ0) is 25.1. The Bertz CT molecular complexity index is 1190. The number of hydrogen-bond donors (Lipinski definition) is 2. The molecule has 0 aliphatic carbocycles. The summed E-state index contributed by atoms with van der Waals surface area (Å²) in [6.07, 6.45) is 7.73. The van der Waals surface area contributed by atoms with E-state index in [1.807, 2.05) is 23.8 Å². The SMILES string of the molecule is Cc1cn(-c2cc(CN3CCCC(N)C3)cc(NC(=O)C3CCCN(c4ccc(F)cc4)C3)c2)cn1. The molecule has 2 aliphatic heterocycles. The number of piperidine rings is 2. The zero-order valence-electron chi connectivity index (χ0n) is 20.9. The number of hydrogen-bond acceptors (Lipinski definition) is 5. The normalized spacial score (nSPS) is 20.9. The number of amides is 1. The van der Waals surface area contributed by atoms with Crippen molar-refractivity contribution in [1.29, 1.82) is 0 Å². The molecule has 2 atom stereocenters. The Labute approximate surface area is 212 Å². The minimum absolute atomic E-state index is 0.0201. The van der Waals surface area contributed by atoms with Gasteiger partial charge in [0.05, 0.1) is 17.9 Å². The van der Waals surface area contributed by atoms with Gasteiger partial charge in [-0.1, -0.05) is 0 Å². The number of nitrogens with zero attached hydrogens (tertiary/aromatic N) is 4. The number of benzene rings is 2. The van der Waals surface area contributed by atoms with Gasteiger partial charge in [0.15, 0.2) is 0 Å². The molecule has 2 unspecified atom stereocenters. The van der Waals surface area contributed by atoms with Crippen molar-refractivity contribution in [2.75, 3.05) is 36.4 Å². The van der Waals surface area contributed by atoms with Crippen LogP contribution in [0.5, 0.6) is 0 Å². The van der Waals surface area contributed by atoms with Gasteiger partial charge in [0.25, 0.3) is 0 Å². The molecule has 7 nitrogen and oxygen atoms in total. The van der Waals surface area contributed by atoms with Crippen LogP contribution < -0.4 is 16.0 Å². The first-order valence-corrected chi connectivity index (χ1v) is 12.9. The summed E-state index contributed by atoms with van der Waals surface area (Å²) >= 11 is 0. The third-order valence-electron chi connectivity index (χ3n) is 7.19. The van der Waals surface area contributed by atoms with Crippen LogP contribution in [0.15, 0.2) is 55.0 Å². The first kappa shape index (κ1) is 24.5. The van der Waals surface area contributed by atoms with Crippen molar-refractivity contribution in [2.45, 2.75) is 45.2 Å². The van der Waals surface area contributed by atoms with E-state index in [1.54, 1.807) is 18.5 Å². The number of nitrogens with one attached hydrogen (secondary N) is 1. The summed E-state index contributed by atoms with van der Waals surface area (Å²) in [4.78, 5) is 22.3. The standard InChI is InChI=1S/C28H35FN6O/c1-20-15-35(19-31-20)27-13-21(16-33-10-3-5-24(30)18-33)12-25(14-27)32-28(36)22-4-2-11-34(17-22)26-8-6-23(29)7-9-26/h6-9,12-15,19,22,24H,2-5,10-11,16-18,30H2,1H3,(H,32,36). The lowest BCUT2D eigenvalue weighted by atomic mass is 9.96. The highest BCUT2D eigenvalue weighted by molar-refractivity contribution is 5.93. The molecule has 190 valence electrons. The molecular weight excluding hydrogens is 455 g/mol. The molecule has 8 heteroatoms. The van der Waals surface area contributed by atoms with E-state index in [0.29, 0.717) is 6.54 Å². The van der Waals surface area contributed by atoms with Crippen molar-refractivity contribution >= 4 is 17.3 Å². The summed E-state index contributed by atoms with van der Waals surface area (Å²) < 4.78 is 15.4. The summed E-state index contributed by atoms with van der Waals surface area (Å²) in [5.74, 6) is -0.362. The van der Waals surface area contributed by atoms with E-state index in [9.17, 15) is 9.18 Å². The Morgan fingerprint density at radius 3 is 2.64 bits per heavy atom. The number of carbonyl (C=O) groups is 1. The van der Waals surface area contributed by atoms with Crippen LogP contribution in [-0.2, 0) is 11.3 Å². The van der Waals surface area contributed by atoms with Crippen molar-refractivity contribution in [1.82, 2.24) is 14.5 Å². The number of likely N-dealkylation sites (tertiary alicyclic amines) is 1. The third kappa shape index (κ3) is 5.94. The molecule has 3 heterocycles. The largest absolute Gasteiger partial charge is 0.371 e. The average molecular weight is 491 g/mol. The molecule has 2 fully saturated rings. The molecule has 0 bridgehead atoms. The van der Waals surface area contributed by atoms with Crippen LogP contribution in [0.3, 0.4) is 0 Å². The number of rotatable bonds is 6. The molecule has 2 saturated heterocycles. The molecular formula is C28H35FN6O. The minimum atomic E-state index is -0.250. The first-order valence-electron chi connectivity index (χ1n) is 12.9. The van der Waals surface area contributed by atoms with Crippen LogP contribution >= 0.6 is 0 Å². The molecule has 2 aromatic carbocycles. The van der Waals surface area contributed by atoms with Gasteiger partial charge >= 0.3 is 0 Å². The summed E-state index contributed by atoms with van der Waals surface area (Å²) in [5.41, 5.74) is 11.0. The quantitative estimate of drug-likeness (QED) is 0.544. The van der Waals surface area contributed by atoms with Crippen LogP contribution in [0.4, 0.5) is 15.8 Å². The lowest BCUT2D eigenvalue weighted by Crippen LogP contribution is -2.42. The van der Waals surface area contributed by atoms with Gasteiger partial charge in [-0.2, -0.15) is 0 Å². The fourth-order valence-electron chi connectivity index (χ4n) is 5.36. The number of carbonyl (C=O) groups excluding carboxylic acids is 1. The van der Waals surface area contributed by atoms with Crippen molar-refractivity contribution in [2.24, 2.45) is 11.7 Å². The number of aryl methyl sites for hydroxylation is 1. The number of imidazole rings is 1. The predicted molar refractivity (Wildman–Crippen MR) is 141 cm³/mol. The monoisotopic (exact) mass is 490 g/mol. The summed E-state index contributed by atoms with van der Waals surface area (Å²) in [6.45, 7) is 6.17. The molecule has 5 rings (SSSR count). The van der Waals surface area contributed by atoms with E-state index >= 15 is 0 Å². The highest BCUT2D eigenvalue weighted by Crippen LogP contribution is 2.26. The minimum Gasteiger partial charge on any atom is -0.371 e. The lowest BCUT2D eigenvalue weighted by molar-refractivity contribution is -0.120. The maximum Gasteiger partial charge on any atom is 0.229 e. The molecule has 0 saturated carbocycles. The molecule has 36 heavy (non-hydrogen) atoms. The van der Waals surface area contributed by atoms with Gasteiger partial charge in [0.1, 0.15) is 5.82 Å². The highest BCUT2D eigenvalue weighted by Gasteiger charge is 2.26. The third-order valence-corrected chi connectivity index (χ3v) is 7.19. The Hall–Kier alpha value is -3.23. The van der Waals surface area contributed by atoms with E-state index in [0.717, 1.165) is 80.2 Å². The molecule has 0 radical (unpaired) electrons.